The first kappa shape index (κ1) is 19.3. The van der Waals surface area contributed by atoms with Crippen LogP contribution in [0.5, 0.6) is 0 Å². The SMILES string of the molecule is O=C(O)CCC(NC(=O)c1ncc(NC(=O)CCl)cc1F)C(=O)O. The Bertz CT molecular complexity index is 669. The highest BCUT2D eigenvalue weighted by molar-refractivity contribution is 6.29. The second-order valence-electron chi connectivity index (χ2n) is 4.53. The van der Waals surface area contributed by atoms with Crippen LogP contribution in [0, 0.1) is 5.82 Å². The number of carbonyl (C=O) groups excluding carboxylic acids is 2. The maximum Gasteiger partial charge on any atom is 0.326 e. The van der Waals surface area contributed by atoms with Crippen molar-refractivity contribution >= 4 is 41.0 Å². The van der Waals surface area contributed by atoms with Crippen LogP contribution in [0.25, 0.3) is 0 Å². The summed E-state index contributed by atoms with van der Waals surface area (Å²) in [6.45, 7) is 0. The molecule has 1 atom stereocenters. The van der Waals surface area contributed by atoms with Gasteiger partial charge in [0.25, 0.3) is 5.91 Å². The molecule has 0 fully saturated rings. The van der Waals surface area contributed by atoms with E-state index in [4.69, 9.17) is 21.8 Å². The van der Waals surface area contributed by atoms with Crippen LogP contribution in [0.15, 0.2) is 12.3 Å². The lowest BCUT2D eigenvalue weighted by molar-refractivity contribution is -0.140. The number of nitrogens with zero attached hydrogens (tertiary/aromatic N) is 1. The monoisotopic (exact) mass is 361 g/mol. The number of anilines is 1. The summed E-state index contributed by atoms with van der Waals surface area (Å²) in [7, 11) is 0. The number of aromatic nitrogens is 1. The zero-order valence-electron chi connectivity index (χ0n) is 12.1. The van der Waals surface area contributed by atoms with Crippen LogP contribution < -0.4 is 10.6 Å². The lowest BCUT2D eigenvalue weighted by atomic mass is 10.1. The van der Waals surface area contributed by atoms with Gasteiger partial charge in [-0.3, -0.25) is 14.4 Å². The minimum absolute atomic E-state index is 0.0321. The Morgan fingerprint density at radius 1 is 1.29 bits per heavy atom. The van der Waals surface area contributed by atoms with Gasteiger partial charge in [0.05, 0.1) is 11.9 Å². The van der Waals surface area contributed by atoms with Gasteiger partial charge in [-0.2, -0.15) is 0 Å². The summed E-state index contributed by atoms with van der Waals surface area (Å²) in [5.74, 6) is -5.87. The van der Waals surface area contributed by atoms with Gasteiger partial charge in [-0.15, -0.1) is 11.6 Å². The van der Waals surface area contributed by atoms with E-state index in [1.807, 2.05) is 5.32 Å². The molecule has 0 spiro atoms. The molecule has 4 N–H and O–H groups in total. The molecule has 130 valence electrons. The zero-order valence-corrected chi connectivity index (χ0v) is 12.8. The molecule has 0 saturated heterocycles. The number of hydrogen-bond acceptors (Lipinski definition) is 5. The van der Waals surface area contributed by atoms with Gasteiger partial charge in [-0.25, -0.2) is 14.2 Å². The van der Waals surface area contributed by atoms with Crippen LogP contribution in [0.2, 0.25) is 0 Å². The predicted molar refractivity (Wildman–Crippen MR) is 79.3 cm³/mol. The van der Waals surface area contributed by atoms with E-state index >= 15 is 0 Å². The van der Waals surface area contributed by atoms with Crippen molar-refractivity contribution in [3.63, 3.8) is 0 Å². The van der Waals surface area contributed by atoms with E-state index in [0.29, 0.717) is 0 Å². The van der Waals surface area contributed by atoms with Gasteiger partial charge < -0.3 is 20.8 Å². The number of rotatable bonds is 8. The first-order valence-electron chi connectivity index (χ1n) is 6.51. The van der Waals surface area contributed by atoms with Crippen molar-refractivity contribution in [3.05, 3.63) is 23.8 Å². The van der Waals surface area contributed by atoms with Gasteiger partial charge >= 0.3 is 11.9 Å². The summed E-state index contributed by atoms with van der Waals surface area (Å²) in [5, 5.41) is 21.7. The molecule has 0 radical (unpaired) electrons. The van der Waals surface area contributed by atoms with E-state index in [9.17, 15) is 23.6 Å². The van der Waals surface area contributed by atoms with Crippen LogP contribution >= 0.6 is 11.6 Å². The van der Waals surface area contributed by atoms with E-state index in [0.717, 1.165) is 12.3 Å². The van der Waals surface area contributed by atoms with Crippen LogP contribution in [-0.4, -0.2) is 50.9 Å². The van der Waals surface area contributed by atoms with E-state index < -0.39 is 47.7 Å². The lowest BCUT2D eigenvalue weighted by Gasteiger charge is -2.13. The fraction of sp³-hybridized carbons (Fsp3) is 0.308. The number of halogens is 2. The molecule has 0 aliphatic heterocycles. The van der Waals surface area contributed by atoms with Crippen molar-refractivity contribution < 1.29 is 33.8 Å². The summed E-state index contributed by atoms with van der Waals surface area (Å²) in [5.41, 5.74) is -0.726. The van der Waals surface area contributed by atoms with E-state index in [2.05, 4.69) is 10.3 Å². The molecule has 0 aromatic carbocycles. The average Bonchev–Trinajstić information content (AvgIpc) is 2.50. The third kappa shape index (κ3) is 5.80. The Labute approximate surface area is 139 Å². The molecule has 0 saturated carbocycles. The number of alkyl halides is 1. The molecule has 0 bridgehead atoms. The van der Waals surface area contributed by atoms with Crippen LogP contribution in [-0.2, 0) is 14.4 Å². The zero-order chi connectivity index (χ0) is 18.3. The molecular formula is C13H13ClFN3O6. The van der Waals surface area contributed by atoms with Crippen molar-refractivity contribution in [1.29, 1.82) is 0 Å². The van der Waals surface area contributed by atoms with Gasteiger partial charge in [0.2, 0.25) is 5.91 Å². The minimum atomic E-state index is -1.51. The van der Waals surface area contributed by atoms with Crippen molar-refractivity contribution in [2.75, 3.05) is 11.2 Å². The highest BCUT2D eigenvalue weighted by Crippen LogP contribution is 2.12. The smallest absolute Gasteiger partial charge is 0.326 e. The summed E-state index contributed by atoms with van der Waals surface area (Å²) in [6, 6.07) is -0.690. The van der Waals surface area contributed by atoms with Crippen LogP contribution in [0.4, 0.5) is 10.1 Å². The first-order chi connectivity index (χ1) is 11.2. The van der Waals surface area contributed by atoms with Crippen molar-refractivity contribution in [2.45, 2.75) is 18.9 Å². The molecule has 0 aliphatic rings. The summed E-state index contributed by atoms with van der Waals surface area (Å²) >= 11 is 5.27. The van der Waals surface area contributed by atoms with E-state index in [-0.39, 0.29) is 18.0 Å². The van der Waals surface area contributed by atoms with Crippen LogP contribution in [0.3, 0.4) is 0 Å². The van der Waals surface area contributed by atoms with E-state index in [1.54, 1.807) is 0 Å². The second kappa shape index (κ2) is 8.77. The second-order valence-corrected chi connectivity index (χ2v) is 4.80. The molecule has 11 heteroatoms. The molecule has 9 nitrogen and oxygen atoms in total. The molecule has 1 heterocycles. The number of aliphatic carboxylic acids is 2. The third-order valence-electron chi connectivity index (χ3n) is 2.71. The van der Waals surface area contributed by atoms with Crippen LogP contribution in [0.1, 0.15) is 23.3 Å². The Hall–Kier alpha value is -2.75. The van der Waals surface area contributed by atoms with Gasteiger partial charge in [0.1, 0.15) is 11.9 Å². The summed E-state index contributed by atoms with van der Waals surface area (Å²) in [4.78, 5) is 47.9. The number of pyridine rings is 1. The summed E-state index contributed by atoms with van der Waals surface area (Å²) < 4.78 is 13.9. The fourth-order valence-corrected chi connectivity index (χ4v) is 1.69. The number of carbonyl (C=O) groups is 4. The topological polar surface area (TPSA) is 146 Å². The fourth-order valence-electron chi connectivity index (χ4n) is 1.62. The number of hydrogen-bond donors (Lipinski definition) is 4. The van der Waals surface area contributed by atoms with Gasteiger partial charge in [0.15, 0.2) is 11.5 Å². The van der Waals surface area contributed by atoms with Crippen molar-refractivity contribution in [2.24, 2.45) is 0 Å². The van der Waals surface area contributed by atoms with E-state index in [1.165, 1.54) is 0 Å². The summed E-state index contributed by atoms with van der Waals surface area (Å²) in [6.07, 6.45) is 0.133. The van der Waals surface area contributed by atoms with Gasteiger partial charge in [-0.05, 0) is 6.42 Å². The minimum Gasteiger partial charge on any atom is -0.481 e. The highest BCUT2D eigenvalue weighted by Gasteiger charge is 2.24. The van der Waals surface area contributed by atoms with Gasteiger partial charge in [-0.1, -0.05) is 0 Å². The number of carboxylic acids is 2. The molecule has 1 aromatic heterocycles. The van der Waals surface area contributed by atoms with Crippen molar-refractivity contribution in [1.82, 2.24) is 10.3 Å². The largest absolute Gasteiger partial charge is 0.481 e. The quantitative estimate of drug-likeness (QED) is 0.491. The standard InChI is InChI=1S/C13H13ClFN3O6/c14-4-9(19)17-6-3-7(15)11(16-5-6)12(22)18-8(13(23)24)1-2-10(20)21/h3,5,8H,1-2,4H2,(H,17,19)(H,18,22)(H,20,21)(H,23,24). The predicted octanol–water partition coefficient (Wildman–Crippen LogP) is 0.446. The Morgan fingerprint density at radius 2 is 1.96 bits per heavy atom. The molecule has 2 amide bonds. The Kier molecular flexibility index (Phi) is 7.05. The molecule has 24 heavy (non-hydrogen) atoms. The Balaban J connectivity index is 2.84. The maximum absolute atomic E-state index is 13.9. The first-order valence-corrected chi connectivity index (χ1v) is 7.05. The number of carboxylic acid groups (broad SMARTS) is 2. The molecule has 1 unspecified atom stereocenters. The molecule has 1 aromatic rings. The number of amides is 2. The number of nitrogens with one attached hydrogen (secondary N) is 2. The normalized spacial score (nSPS) is 11.4. The molecular weight excluding hydrogens is 349 g/mol. The third-order valence-corrected chi connectivity index (χ3v) is 2.95. The average molecular weight is 362 g/mol. The molecule has 0 aliphatic carbocycles. The lowest BCUT2D eigenvalue weighted by Crippen LogP contribution is -2.41. The Morgan fingerprint density at radius 3 is 2.46 bits per heavy atom. The molecule has 1 rings (SSSR count). The highest BCUT2D eigenvalue weighted by atomic mass is 35.5. The van der Waals surface area contributed by atoms with Gasteiger partial charge in [0, 0.05) is 12.5 Å². The van der Waals surface area contributed by atoms with Crippen molar-refractivity contribution in [3.8, 4) is 0 Å². The maximum atomic E-state index is 13.9.